The molecule has 0 saturated carbocycles. The van der Waals surface area contributed by atoms with E-state index in [4.69, 9.17) is 0 Å². The van der Waals surface area contributed by atoms with Gasteiger partial charge in [0.25, 0.3) is 0 Å². The molecular formula is C27H43NS3. The molecule has 3 heterocycles. The molecular weight excluding hydrogens is 435 g/mol. The quantitative estimate of drug-likeness (QED) is 0.236. The second-order valence-corrected chi connectivity index (χ2v) is 10.1. The molecule has 0 aromatic carbocycles. The SMILES string of the molecule is CCCCCCc1cscc1CC.CCCCCCc1cscc1CC.c1cscn1. The van der Waals surface area contributed by atoms with Crippen molar-refractivity contribution >= 4 is 34.0 Å². The van der Waals surface area contributed by atoms with Gasteiger partial charge in [0.05, 0.1) is 5.51 Å². The van der Waals surface area contributed by atoms with E-state index < -0.39 is 0 Å². The van der Waals surface area contributed by atoms with Gasteiger partial charge in [0.15, 0.2) is 0 Å². The van der Waals surface area contributed by atoms with E-state index >= 15 is 0 Å². The Labute approximate surface area is 204 Å². The maximum atomic E-state index is 3.74. The molecule has 3 aromatic rings. The maximum Gasteiger partial charge on any atom is 0.0791 e. The average Bonchev–Trinajstić information content (AvgIpc) is 3.58. The van der Waals surface area contributed by atoms with E-state index in [9.17, 15) is 0 Å². The predicted octanol–water partition coefficient (Wildman–Crippen LogP) is 10.0. The van der Waals surface area contributed by atoms with Gasteiger partial charge in [0.2, 0.25) is 0 Å². The largest absolute Gasteiger partial charge is 0.253 e. The summed E-state index contributed by atoms with van der Waals surface area (Å²) in [5.74, 6) is 0. The summed E-state index contributed by atoms with van der Waals surface area (Å²) in [6, 6.07) is 0. The molecule has 0 amide bonds. The molecule has 3 aromatic heterocycles. The summed E-state index contributed by atoms with van der Waals surface area (Å²) in [5.41, 5.74) is 8.13. The molecule has 31 heavy (non-hydrogen) atoms. The lowest BCUT2D eigenvalue weighted by molar-refractivity contribution is 0.665. The lowest BCUT2D eigenvalue weighted by Crippen LogP contribution is -1.88. The number of unbranched alkanes of at least 4 members (excludes halogenated alkanes) is 6. The molecule has 3 rings (SSSR count). The van der Waals surface area contributed by atoms with Crippen molar-refractivity contribution in [1.29, 1.82) is 0 Å². The monoisotopic (exact) mass is 477 g/mol. The normalized spacial score (nSPS) is 10.2. The van der Waals surface area contributed by atoms with Gasteiger partial charge in [0.1, 0.15) is 0 Å². The second-order valence-electron chi connectivity index (χ2n) is 7.85. The van der Waals surface area contributed by atoms with Gasteiger partial charge in [-0.05, 0) is 82.3 Å². The summed E-state index contributed by atoms with van der Waals surface area (Å²) >= 11 is 5.31. The van der Waals surface area contributed by atoms with Crippen LogP contribution in [0.2, 0.25) is 0 Å². The van der Waals surface area contributed by atoms with Gasteiger partial charge in [-0.15, -0.1) is 11.3 Å². The van der Waals surface area contributed by atoms with E-state index in [1.54, 1.807) is 45.3 Å². The molecule has 0 atom stereocenters. The zero-order valence-electron chi connectivity index (χ0n) is 20.2. The Hall–Kier alpha value is -0.970. The highest BCUT2D eigenvalue weighted by molar-refractivity contribution is 7.08. The highest BCUT2D eigenvalue weighted by Crippen LogP contribution is 2.19. The maximum absolute atomic E-state index is 3.74. The molecule has 0 radical (unpaired) electrons. The Morgan fingerprint density at radius 1 is 0.581 bits per heavy atom. The summed E-state index contributed by atoms with van der Waals surface area (Å²) in [6.07, 6.45) is 17.8. The number of aromatic nitrogens is 1. The first kappa shape index (κ1) is 28.1. The van der Waals surface area contributed by atoms with Crippen LogP contribution in [0, 0.1) is 0 Å². The standard InChI is InChI=1S/2C12H20S.C3H3NS/c2*1-3-5-6-7-8-12-10-13-9-11(12)4-2;1-2-5-3-4-1/h2*9-10H,3-8H2,1-2H3;1-3H. The zero-order chi connectivity index (χ0) is 22.6. The molecule has 0 aliphatic carbocycles. The van der Waals surface area contributed by atoms with Crippen LogP contribution in [0.5, 0.6) is 0 Å². The van der Waals surface area contributed by atoms with Crippen LogP contribution in [-0.4, -0.2) is 4.98 Å². The molecule has 0 fully saturated rings. The predicted molar refractivity (Wildman–Crippen MR) is 145 cm³/mol. The van der Waals surface area contributed by atoms with E-state index in [0.717, 1.165) is 0 Å². The summed E-state index contributed by atoms with van der Waals surface area (Å²) in [5, 5.41) is 11.2. The minimum absolute atomic E-state index is 1.20. The summed E-state index contributed by atoms with van der Waals surface area (Å²) in [4.78, 5) is 3.74. The van der Waals surface area contributed by atoms with Crippen LogP contribution in [0.1, 0.15) is 101 Å². The number of aryl methyl sites for hydroxylation is 4. The average molecular weight is 478 g/mol. The first-order chi connectivity index (χ1) is 15.3. The molecule has 0 aliphatic rings. The summed E-state index contributed by atoms with van der Waals surface area (Å²) < 4.78 is 0. The first-order valence-electron chi connectivity index (χ1n) is 12.2. The van der Waals surface area contributed by atoms with Crippen molar-refractivity contribution < 1.29 is 0 Å². The van der Waals surface area contributed by atoms with Gasteiger partial charge >= 0.3 is 0 Å². The van der Waals surface area contributed by atoms with Crippen LogP contribution < -0.4 is 0 Å². The van der Waals surface area contributed by atoms with Crippen LogP contribution in [-0.2, 0) is 25.7 Å². The molecule has 0 bridgehead atoms. The molecule has 174 valence electrons. The van der Waals surface area contributed by atoms with Crippen LogP contribution in [0.4, 0.5) is 0 Å². The summed E-state index contributed by atoms with van der Waals surface area (Å²) in [7, 11) is 0. The third-order valence-electron chi connectivity index (χ3n) is 5.37. The smallest absolute Gasteiger partial charge is 0.0791 e. The highest BCUT2D eigenvalue weighted by atomic mass is 32.1. The molecule has 0 spiro atoms. The van der Waals surface area contributed by atoms with Crippen molar-refractivity contribution in [3.63, 3.8) is 0 Å². The number of hydrogen-bond acceptors (Lipinski definition) is 4. The van der Waals surface area contributed by atoms with E-state index in [2.05, 4.69) is 54.2 Å². The Morgan fingerprint density at radius 2 is 1.06 bits per heavy atom. The molecule has 0 aliphatic heterocycles. The number of thiazole rings is 1. The van der Waals surface area contributed by atoms with Crippen LogP contribution in [0.15, 0.2) is 38.6 Å². The van der Waals surface area contributed by atoms with Gasteiger partial charge in [-0.1, -0.05) is 66.2 Å². The summed E-state index contributed by atoms with van der Waals surface area (Å²) in [6.45, 7) is 9.03. The van der Waals surface area contributed by atoms with E-state index in [0.29, 0.717) is 0 Å². The van der Waals surface area contributed by atoms with Crippen LogP contribution in [0.3, 0.4) is 0 Å². The Balaban J connectivity index is 0.000000254. The number of thiophene rings is 2. The van der Waals surface area contributed by atoms with Gasteiger partial charge in [-0.3, -0.25) is 4.98 Å². The lowest BCUT2D eigenvalue weighted by atomic mass is 10.0. The van der Waals surface area contributed by atoms with E-state index in [1.165, 1.54) is 77.0 Å². The topological polar surface area (TPSA) is 12.9 Å². The van der Waals surface area contributed by atoms with Crippen molar-refractivity contribution in [2.24, 2.45) is 0 Å². The second kappa shape index (κ2) is 19.7. The van der Waals surface area contributed by atoms with Crippen molar-refractivity contribution in [3.8, 4) is 0 Å². The third kappa shape index (κ3) is 13.2. The lowest BCUT2D eigenvalue weighted by Gasteiger charge is -2.01. The van der Waals surface area contributed by atoms with E-state index in [-0.39, 0.29) is 0 Å². The Morgan fingerprint density at radius 3 is 1.39 bits per heavy atom. The van der Waals surface area contributed by atoms with Gasteiger partial charge in [-0.2, -0.15) is 22.7 Å². The zero-order valence-corrected chi connectivity index (χ0v) is 22.6. The Kier molecular flexibility index (Phi) is 17.8. The molecule has 0 saturated heterocycles. The van der Waals surface area contributed by atoms with E-state index in [1.807, 2.05) is 28.1 Å². The van der Waals surface area contributed by atoms with Crippen molar-refractivity contribution in [1.82, 2.24) is 4.98 Å². The third-order valence-corrected chi connectivity index (χ3v) is 7.58. The number of hydrogen-bond donors (Lipinski definition) is 0. The fraction of sp³-hybridized carbons (Fsp3) is 0.593. The minimum atomic E-state index is 1.20. The number of nitrogens with zero attached hydrogens (tertiary/aromatic N) is 1. The van der Waals surface area contributed by atoms with Crippen molar-refractivity contribution in [2.45, 2.75) is 105 Å². The number of rotatable bonds is 12. The van der Waals surface area contributed by atoms with Crippen molar-refractivity contribution in [3.05, 3.63) is 60.9 Å². The van der Waals surface area contributed by atoms with Gasteiger partial charge < -0.3 is 0 Å². The highest BCUT2D eigenvalue weighted by Gasteiger charge is 2.01. The molecule has 4 heteroatoms. The molecule has 0 N–H and O–H groups in total. The van der Waals surface area contributed by atoms with Crippen molar-refractivity contribution in [2.75, 3.05) is 0 Å². The fourth-order valence-electron chi connectivity index (χ4n) is 3.42. The molecule has 1 nitrogen and oxygen atoms in total. The Bertz CT molecular complexity index is 660. The minimum Gasteiger partial charge on any atom is -0.253 e. The van der Waals surface area contributed by atoms with Crippen LogP contribution >= 0.6 is 34.0 Å². The van der Waals surface area contributed by atoms with Crippen LogP contribution in [0.25, 0.3) is 0 Å². The fourth-order valence-corrected chi connectivity index (χ4v) is 5.74. The first-order valence-corrected chi connectivity index (χ1v) is 15.0. The van der Waals surface area contributed by atoms with Gasteiger partial charge in [0, 0.05) is 11.6 Å². The molecule has 0 unspecified atom stereocenters. The van der Waals surface area contributed by atoms with Gasteiger partial charge in [-0.25, -0.2) is 0 Å².